The molecule has 1 aromatic rings. The standard InChI is InChI=1S/C14H19FN2O2/c1-14(2,3)19-13(18)17-12-10-6-7-16-8-9(10)4-5-11(12)15/h4-5,16H,6-8H2,1-3H3,(H,17,18). The quantitative estimate of drug-likeness (QED) is 0.821. The number of ether oxygens (including phenoxy) is 1. The Balaban J connectivity index is 2.22. The Bertz CT molecular complexity index is 495. The second-order valence-electron chi connectivity index (χ2n) is 5.61. The highest BCUT2D eigenvalue weighted by Gasteiger charge is 2.21. The third kappa shape index (κ3) is 3.44. The molecule has 1 aliphatic heterocycles. The average molecular weight is 266 g/mol. The van der Waals surface area contributed by atoms with E-state index in [1.807, 2.05) is 0 Å². The van der Waals surface area contributed by atoms with Crippen molar-refractivity contribution >= 4 is 11.8 Å². The van der Waals surface area contributed by atoms with Gasteiger partial charge in [0.1, 0.15) is 11.4 Å². The van der Waals surface area contributed by atoms with E-state index in [0.717, 1.165) is 17.7 Å². The van der Waals surface area contributed by atoms with Gasteiger partial charge in [0.05, 0.1) is 5.69 Å². The van der Waals surface area contributed by atoms with E-state index in [-0.39, 0.29) is 5.69 Å². The maximum atomic E-state index is 13.9. The molecule has 0 saturated carbocycles. The van der Waals surface area contributed by atoms with E-state index in [1.54, 1.807) is 26.8 Å². The van der Waals surface area contributed by atoms with Gasteiger partial charge in [-0.3, -0.25) is 5.32 Å². The van der Waals surface area contributed by atoms with Gasteiger partial charge >= 0.3 is 6.09 Å². The van der Waals surface area contributed by atoms with Crippen LogP contribution in [0.5, 0.6) is 0 Å². The fourth-order valence-electron chi connectivity index (χ4n) is 2.09. The van der Waals surface area contributed by atoms with Crippen LogP contribution in [0.25, 0.3) is 0 Å². The van der Waals surface area contributed by atoms with E-state index in [1.165, 1.54) is 6.07 Å². The average Bonchev–Trinajstić information content (AvgIpc) is 2.31. The summed E-state index contributed by atoms with van der Waals surface area (Å²) < 4.78 is 19.0. The Morgan fingerprint density at radius 3 is 2.84 bits per heavy atom. The normalized spacial score (nSPS) is 14.7. The summed E-state index contributed by atoms with van der Waals surface area (Å²) in [5.41, 5.74) is 1.51. The number of nitrogens with one attached hydrogen (secondary N) is 2. The first-order valence-corrected chi connectivity index (χ1v) is 6.38. The van der Waals surface area contributed by atoms with Gasteiger partial charge in [0.2, 0.25) is 0 Å². The molecule has 0 aliphatic carbocycles. The second-order valence-corrected chi connectivity index (χ2v) is 5.61. The zero-order valence-electron chi connectivity index (χ0n) is 11.5. The summed E-state index contributed by atoms with van der Waals surface area (Å²) in [6.45, 7) is 6.78. The van der Waals surface area contributed by atoms with E-state index in [0.29, 0.717) is 13.0 Å². The van der Waals surface area contributed by atoms with Crippen molar-refractivity contribution in [3.63, 3.8) is 0 Å². The predicted octanol–water partition coefficient (Wildman–Crippen LogP) is 2.82. The molecule has 19 heavy (non-hydrogen) atoms. The van der Waals surface area contributed by atoms with Gasteiger partial charge in [-0.25, -0.2) is 9.18 Å². The number of rotatable bonds is 1. The Kier molecular flexibility index (Phi) is 3.75. The molecule has 5 heteroatoms. The molecule has 0 unspecified atom stereocenters. The highest BCUT2D eigenvalue weighted by Crippen LogP contribution is 2.27. The van der Waals surface area contributed by atoms with Gasteiger partial charge in [0.25, 0.3) is 0 Å². The first-order valence-electron chi connectivity index (χ1n) is 6.38. The smallest absolute Gasteiger partial charge is 0.412 e. The van der Waals surface area contributed by atoms with Crippen LogP contribution < -0.4 is 10.6 Å². The summed E-state index contributed by atoms with van der Waals surface area (Å²) in [4.78, 5) is 11.8. The molecule has 1 amide bonds. The summed E-state index contributed by atoms with van der Waals surface area (Å²) in [6.07, 6.45) is 0.0661. The number of fused-ring (bicyclic) bond motifs is 1. The monoisotopic (exact) mass is 266 g/mol. The molecule has 4 nitrogen and oxygen atoms in total. The van der Waals surface area contributed by atoms with E-state index in [9.17, 15) is 9.18 Å². The van der Waals surface area contributed by atoms with E-state index in [4.69, 9.17) is 4.74 Å². The number of hydrogen-bond acceptors (Lipinski definition) is 3. The Hall–Kier alpha value is -1.62. The largest absolute Gasteiger partial charge is 0.444 e. The lowest BCUT2D eigenvalue weighted by Gasteiger charge is -2.23. The zero-order valence-corrected chi connectivity index (χ0v) is 11.5. The van der Waals surface area contributed by atoms with Crippen molar-refractivity contribution in [3.8, 4) is 0 Å². The minimum atomic E-state index is -0.627. The Morgan fingerprint density at radius 1 is 1.42 bits per heavy atom. The minimum absolute atomic E-state index is 0.244. The van der Waals surface area contributed by atoms with Crippen molar-refractivity contribution in [1.82, 2.24) is 5.32 Å². The third-order valence-electron chi connectivity index (χ3n) is 2.85. The first-order chi connectivity index (χ1) is 8.87. The van der Waals surface area contributed by atoms with E-state index in [2.05, 4.69) is 10.6 Å². The SMILES string of the molecule is CC(C)(C)OC(=O)Nc1c(F)ccc2c1CCNC2. The fraction of sp³-hybridized carbons (Fsp3) is 0.500. The van der Waals surface area contributed by atoms with Gasteiger partial charge < -0.3 is 10.1 Å². The molecule has 1 heterocycles. The molecule has 0 saturated heterocycles. The maximum absolute atomic E-state index is 13.9. The van der Waals surface area contributed by atoms with Crippen LogP contribution in [-0.4, -0.2) is 18.2 Å². The molecule has 104 valence electrons. The van der Waals surface area contributed by atoms with Crippen LogP contribution in [-0.2, 0) is 17.7 Å². The van der Waals surface area contributed by atoms with Crippen LogP contribution >= 0.6 is 0 Å². The van der Waals surface area contributed by atoms with E-state index >= 15 is 0 Å². The molecular weight excluding hydrogens is 247 g/mol. The molecule has 0 radical (unpaired) electrons. The van der Waals surface area contributed by atoms with Gasteiger partial charge in [0.15, 0.2) is 0 Å². The topological polar surface area (TPSA) is 50.4 Å². The van der Waals surface area contributed by atoms with Crippen molar-refractivity contribution in [1.29, 1.82) is 0 Å². The first kappa shape index (κ1) is 13.8. The highest BCUT2D eigenvalue weighted by atomic mass is 19.1. The van der Waals surface area contributed by atoms with Gasteiger partial charge in [-0.1, -0.05) is 6.07 Å². The Labute approximate surface area is 112 Å². The minimum Gasteiger partial charge on any atom is -0.444 e. The van der Waals surface area contributed by atoms with Crippen LogP contribution in [0.2, 0.25) is 0 Å². The summed E-state index contributed by atoms with van der Waals surface area (Å²) in [5.74, 6) is -0.425. The molecule has 0 fully saturated rings. The lowest BCUT2D eigenvalue weighted by Crippen LogP contribution is -2.29. The third-order valence-corrected chi connectivity index (χ3v) is 2.85. The van der Waals surface area contributed by atoms with Crippen molar-refractivity contribution < 1.29 is 13.9 Å². The van der Waals surface area contributed by atoms with Crippen LogP contribution in [0.3, 0.4) is 0 Å². The molecule has 1 aliphatic rings. The lowest BCUT2D eigenvalue weighted by molar-refractivity contribution is 0.0635. The zero-order chi connectivity index (χ0) is 14.0. The maximum Gasteiger partial charge on any atom is 0.412 e. The highest BCUT2D eigenvalue weighted by molar-refractivity contribution is 5.86. The number of benzene rings is 1. The molecule has 0 aromatic heterocycles. The van der Waals surface area contributed by atoms with Gasteiger partial charge in [-0.05, 0) is 50.9 Å². The van der Waals surface area contributed by atoms with Crippen molar-refractivity contribution in [2.24, 2.45) is 0 Å². The number of carbonyl (C=O) groups is 1. The number of anilines is 1. The van der Waals surface area contributed by atoms with Crippen molar-refractivity contribution in [2.75, 3.05) is 11.9 Å². The second kappa shape index (κ2) is 5.17. The van der Waals surface area contributed by atoms with Crippen molar-refractivity contribution in [2.45, 2.75) is 39.3 Å². The molecule has 0 atom stereocenters. The van der Waals surface area contributed by atoms with E-state index < -0.39 is 17.5 Å². The molecule has 0 spiro atoms. The summed E-state index contributed by atoms with van der Waals surface area (Å²) in [5, 5.41) is 5.74. The molecule has 1 aromatic carbocycles. The van der Waals surface area contributed by atoms with Crippen molar-refractivity contribution in [3.05, 3.63) is 29.1 Å². The summed E-state index contributed by atoms with van der Waals surface area (Å²) in [6, 6.07) is 3.12. The Morgan fingerprint density at radius 2 is 2.16 bits per heavy atom. The predicted molar refractivity (Wildman–Crippen MR) is 71.7 cm³/mol. The lowest BCUT2D eigenvalue weighted by atomic mass is 9.98. The molecule has 0 bridgehead atoms. The summed E-state index contributed by atoms with van der Waals surface area (Å²) in [7, 11) is 0. The van der Waals surface area contributed by atoms with Gasteiger partial charge in [0, 0.05) is 6.54 Å². The number of halogens is 1. The molecule has 2 rings (SSSR count). The summed E-state index contributed by atoms with van der Waals surface area (Å²) >= 11 is 0. The number of amides is 1. The van der Waals surface area contributed by atoms with Gasteiger partial charge in [-0.15, -0.1) is 0 Å². The molecule has 2 N–H and O–H groups in total. The molecular formula is C14H19FN2O2. The van der Waals surface area contributed by atoms with Crippen LogP contribution in [0.4, 0.5) is 14.9 Å². The number of hydrogen-bond donors (Lipinski definition) is 2. The van der Waals surface area contributed by atoms with Gasteiger partial charge in [-0.2, -0.15) is 0 Å². The number of carbonyl (C=O) groups excluding carboxylic acids is 1. The van der Waals surface area contributed by atoms with Crippen LogP contribution in [0.1, 0.15) is 31.9 Å². The fourth-order valence-corrected chi connectivity index (χ4v) is 2.09. The van der Waals surface area contributed by atoms with Crippen LogP contribution in [0, 0.1) is 5.82 Å². The van der Waals surface area contributed by atoms with Crippen LogP contribution in [0.15, 0.2) is 12.1 Å².